The van der Waals surface area contributed by atoms with Gasteiger partial charge in [0.2, 0.25) is 0 Å². The monoisotopic (exact) mass is 227 g/mol. The number of hydrogen-bond acceptors (Lipinski definition) is 2. The Morgan fingerprint density at radius 2 is 1.76 bits per heavy atom. The molecule has 1 N–H and O–H groups in total. The molecule has 2 aromatic rings. The first kappa shape index (κ1) is 11.7. The number of rotatable bonds is 4. The van der Waals surface area contributed by atoms with E-state index in [1.54, 1.807) is 7.11 Å². The van der Waals surface area contributed by atoms with Gasteiger partial charge in [-0.1, -0.05) is 30.3 Å². The van der Waals surface area contributed by atoms with E-state index in [1.807, 2.05) is 19.2 Å². The van der Waals surface area contributed by atoms with E-state index in [1.165, 1.54) is 16.7 Å². The molecule has 2 aromatic carbocycles. The molecule has 2 heteroatoms. The highest BCUT2D eigenvalue weighted by Crippen LogP contribution is 2.23. The lowest BCUT2D eigenvalue weighted by Gasteiger charge is -2.06. The number of benzene rings is 2. The van der Waals surface area contributed by atoms with Crippen LogP contribution in [0.2, 0.25) is 0 Å². The maximum atomic E-state index is 5.16. The molecular weight excluding hydrogens is 210 g/mol. The quantitative estimate of drug-likeness (QED) is 0.866. The fourth-order valence-electron chi connectivity index (χ4n) is 1.85. The summed E-state index contributed by atoms with van der Waals surface area (Å²) in [4.78, 5) is 0. The predicted octanol–water partition coefficient (Wildman–Crippen LogP) is 3.08. The van der Waals surface area contributed by atoms with Crippen LogP contribution < -0.4 is 10.1 Å². The second-order valence-corrected chi connectivity index (χ2v) is 3.96. The number of ether oxygens (including phenoxy) is 1. The van der Waals surface area contributed by atoms with Gasteiger partial charge in [-0.2, -0.15) is 0 Å². The Labute approximate surface area is 102 Å². The zero-order chi connectivity index (χ0) is 12.1. The van der Waals surface area contributed by atoms with Crippen molar-refractivity contribution >= 4 is 0 Å². The van der Waals surface area contributed by atoms with Gasteiger partial charge < -0.3 is 10.1 Å². The summed E-state index contributed by atoms with van der Waals surface area (Å²) in [7, 11) is 3.64. The van der Waals surface area contributed by atoms with Crippen molar-refractivity contribution in [3.05, 3.63) is 54.1 Å². The molecule has 88 valence electrons. The molecule has 2 rings (SSSR count). The van der Waals surface area contributed by atoms with Crippen LogP contribution in [0.3, 0.4) is 0 Å². The minimum absolute atomic E-state index is 0.889. The van der Waals surface area contributed by atoms with E-state index in [2.05, 4.69) is 41.7 Å². The molecule has 0 aromatic heterocycles. The summed E-state index contributed by atoms with van der Waals surface area (Å²) in [6.07, 6.45) is 0. The molecule has 0 aliphatic heterocycles. The topological polar surface area (TPSA) is 21.3 Å². The number of methoxy groups -OCH3 is 1. The van der Waals surface area contributed by atoms with E-state index in [-0.39, 0.29) is 0 Å². The second-order valence-electron chi connectivity index (χ2n) is 3.96. The number of nitrogens with one attached hydrogen (secondary N) is 1. The van der Waals surface area contributed by atoms with Gasteiger partial charge in [-0.15, -0.1) is 0 Å². The van der Waals surface area contributed by atoms with E-state index in [0.29, 0.717) is 0 Å². The third-order valence-electron chi connectivity index (χ3n) is 2.73. The summed E-state index contributed by atoms with van der Waals surface area (Å²) < 4.78 is 5.16. The standard InChI is InChI=1S/C15H17NO/c1-16-11-12-4-3-5-14(10-12)13-6-8-15(17-2)9-7-13/h3-10,16H,11H2,1-2H3. The van der Waals surface area contributed by atoms with Gasteiger partial charge >= 0.3 is 0 Å². The van der Waals surface area contributed by atoms with Crippen molar-refractivity contribution < 1.29 is 4.74 Å². The zero-order valence-electron chi connectivity index (χ0n) is 10.2. The molecule has 0 radical (unpaired) electrons. The van der Waals surface area contributed by atoms with Crippen molar-refractivity contribution in [2.45, 2.75) is 6.54 Å². The van der Waals surface area contributed by atoms with Crippen molar-refractivity contribution in [1.82, 2.24) is 5.32 Å². The van der Waals surface area contributed by atoms with Crippen LogP contribution in [0, 0.1) is 0 Å². The minimum Gasteiger partial charge on any atom is -0.497 e. The predicted molar refractivity (Wildman–Crippen MR) is 71.2 cm³/mol. The molecule has 0 heterocycles. The molecule has 17 heavy (non-hydrogen) atoms. The van der Waals surface area contributed by atoms with Crippen molar-refractivity contribution in [3.8, 4) is 16.9 Å². The van der Waals surface area contributed by atoms with Gasteiger partial charge in [0, 0.05) is 6.54 Å². The lowest BCUT2D eigenvalue weighted by Crippen LogP contribution is -2.04. The Kier molecular flexibility index (Phi) is 3.78. The van der Waals surface area contributed by atoms with Gasteiger partial charge in [0.05, 0.1) is 7.11 Å². The van der Waals surface area contributed by atoms with Crippen LogP contribution in [0.25, 0.3) is 11.1 Å². The normalized spacial score (nSPS) is 10.2. The highest BCUT2D eigenvalue weighted by atomic mass is 16.5. The molecule has 0 aliphatic carbocycles. The van der Waals surface area contributed by atoms with Gasteiger partial charge in [-0.05, 0) is 41.9 Å². The summed E-state index contributed by atoms with van der Waals surface area (Å²) >= 11 is 0. The van der Waals surface area contributed by atoms with Crippen molar-refractivity contribution in [1.29, 1.82) is 0 Å². The van der Waals surface area contributed by atoms with Crippen LogP contribution >= 0.6 is 0 Å². The maximum Gasteiger partial charge on any atom is 0.118 e. The van der Waals surface area contributed by atoms with E-state index in [9.17, 15) is 0 Å². The molecule has 0 unspecified atom stereocenters. The summed E-state index contributed by atoms with van der Waals surface area (Å²) in [5.41, 5.74) is 3.74. The summed E-state index contributed by atoms with van der Waals surface area (Å²) in [5, 5.41) is 3.16. The van der Waals surface area contributed by atoms with Crippen LogP contribution in [0.15, 0.2) is 48.5 Å². The zero-order valence-corrected chi connectivity index (χ0v) is 10.2. The smallest absolute Gasteiger partial charge is 0.118 e. The Bertz CT molecular complexity index is 477. The van der Waals surface area contributed by atoms with Gasteiger partial charge in [-0.3, -0.25) is 0 Å². The highest BCUT2D eigenvalue weighted by Gasteiger charge is 1.99. The molecule has 0 amide bonds. The molecule has 0 aliphatic rings. The summed E-state index contributed by atoms with van der Waals surface area (Å²) in [5.74, 6) is 0.889. The molecule has 0 spiro atoms. The molecular formula is C15H17NO. The third-order valence-corrected chi connectivity index (χ3v) is 2.73. The van der Waals surface area contributed by atoms with Crippen LogP contribution in [-0.4, -0.2) is 14.2 Å². The fourth-order valence-corrected chi connectivity index (χ4v) is 1.85. The van der Waals surface area contributed by atoms with E-state index >= 15 is 0 Å². The van der Waals surface area contributed by atoms with Crippen LogP contribution in [0.1, 0.15) is 5.56 Å². The lowest BCUT2D eigenvalue weighted by molar-refractivity contribution is 0.415. The van der Waals surface area contributed by atoms with Crippen molar-refractivity contribution in [2.75, 3.05) is 14.2 Å². The maximum absolute atomic E-state index is 5.16. The van der Waals surface area contributed by atoms with Gasteiger partial charge in [-0.25, -0.2) is 0 Å². The summed E-state index contributed by atoms with van der Waals surface area (Å²) in [6.45, 7) is 0.893. The first-order valence-electron chi connectivity index (χ1n) is 5.71. The first-order chi connectivity index (χ1) is 8.33. The lowest BCUT2D eigenvalue weighted by atomic mass is 10.0. The SMILES string of the molecule is CNCc1cccc(-c2ccc(OC)cc2)c1. The molecule has 0 fully saturated rings. The van der Waals surface area contributed by atoms with Gasteiger partial charge in [0.1, 0.15) is 5.75 Å². The molecule has 0 atom stereocenters. The van der Waals surface area contributed by atoms with Gasteiger partial charge in [0.15, 0.2) is 0 Å². The summed E-state index contributed by atoms with van der Waals surface area (Å²) in [6, 6.07) is 16.7. The van der Waals surface area contributed by atoms with E-state index in [0.717, 1.165) is 12.3 Å². The van der Waals surface area contributed by atoms with Gasteiger partial charge in [0.25, 0.3) is 0 Å². The average Bonchev–Trinajstić information content (AvgIpc) is 2.40. The average molecular weight is 227 g/mol. The Morgan fingerprint density at radius 3 is 2.41 bits per heavy atom. The van der Waals surface area contributed by atoms with Crippen molar-refractivity contribution in [3.63, 3.8) is 0 Å². The Balaban J connectivity index is 2.28. The Hall–Kier alpha value is -1.80. The molecule has 0 saturated heterocycles. The highest BCUT2D eigenvalue weighted by molar-refractivity contribution is 5.64. The third kappa shape index (κ3) is 2.86. The largest absolute Gasteiger partial charge is 0.497 e. The Morgan fingerprint density at radius 1 is 1.00 bits per heavy atom. The fraction of sp³-hybridized carbons (Fsp3) is 0.200. The van der Waals surface area contributed by atoms with Crippen LogP contribution in [0.5, 0.6) is 5.75 Å². The number of hydrogen-bond donors (Lipinski definition) is 1. The van der Waals surface area contributed by atoms with E-state index in [4.69, 9.17) is 4.74 Å². The minimum atomic E-state index is 0.889. The molecule has 0 bridgehead atoms. The van der Waals surface area contributed by atoms with Crippen molar-refractivity contribution in [2.24, 2.45) is 0 Å². The molecule has 0 saturated carbocycles. The van der Waals surface area contributed by atoms with Crippen LogP contribution in [0.4, 0.5) is 0 Å². The molecule has 2 nitrogen and oxygen atoms in total. The van der Waals surface area contributed by atoms with E-state index < -0.39 is 0 Å². The second kappa shape index (κ2) is 5.51. The first-order valence-corrected chi connectivity index (χ1v) is 5.71. The van der Waals surface area contributed by atoms with Crippen LogP contribution in [-0.2, 0) is 6.54 Å².